The Morgan fingerprint density at radius 2 is 1.43 bits per heavy atom. The van der Waals surface area contributed by atoms with Gasteiger partial charge in [0.25, 0.3) is 11.8 Å². The molecule has 7 nitrogen and oxygen atoms in total. The first-order chi connectivity index (χ1) is 13.6. The van der Waals surface area contributed by atoms with Crippen LogP contribution in [0, 0.1) is 0 Å². The van der Waals surface area contributed by atoms with Gasteiger partial charge in [-0.1, -0.05) is 48.5 Å². The van der Waals surface area contributed by atoms with Gasteiger partial charge >= 0.3 is 6.03 Å². The van der Waals surface area contributed by atoms with Crippen molar-refractivity contribution in [2.24, 2.45) is 0 Å². The lowest BCUT2D eigenvalue weighted by atomic mass is 10.1. The average Bonchev–Trinajstić information content (AvgIpc) is 2.73. The summed E-state index contributed by atoms with van der Waals surface area (Å²) in [6.07, 6.45) is 4.41. The molecule has 4 amide bonds. The molecule has 3 aromatic rings. The molecule has 2 aromatic carbocycles. The van der Waals surface area contributed by atoms with Crippen LogP contribution in [0.3, 0.4) is 0 Å². The molecule has 1 aliphatic heterocycles. The molecule has 2 heterocycles. The van der Waals surface area contributed by atoms with Crippen LogP contribution in [0.4, 0.5) is 10.5 Å². The molecular weight excluding hydrogens is 356 g/mol. The van der Waals surface area contributed by atoms with Crippen molar-refractivity contribution in [2.75, 3.05) is 4.90 Å². The quantitative estimate of drug-likeness (QED) is 0.565. The Morgan fingerprint density at radius 3 is 2.07 bits per heavy atom. The van der Waals surface area contributed by atoms with Crippen LogP contribution in [0.1, 0.15) is 5.56 Å². The lowest BCUT2D eigenvalue weighted by molar-refractivity contribution is -0.122. The fourth-order valence-electron chi connectivity index (χ4n) is 2.78. The largest absolute Gasteiger partial charge is 0.335 e. The number of para-hydroxylation sites is 1. The van der Waals surface area contributed by atoms with Gasteiger partial charge in [-0.05, 0) is 18.2 Å². The standard InChI is InChI=1S/C21H14N4O3/c26-19-17(20(27)25(21(28)24-19)16-9-5-2-6-10-16)11-14-12-22-18(23-13-14)15-7-3-1-4-8-15/h1-13H,(H,24,26,28). The number of hydrogen-bond acceptors (Lipinski definition) is 5. The zero-order valence-corrected chi connectivity index (χ0v) is 14.6. The molecule has 0 radical (unpaired) electrons. The maximum Gasteiger partial charge on any atom is 0.335 e. The van der Waals surface area contributed by atoms with E-state index in [1.807, 2.05) is 30.3 Å². The first kappa shape index (κ1) is 17.3. The summed E-state index contributed by atoms with van der Waals surface area (Å²) in [6.45, 7) is 0. The van der Waals surface area contributed by atoms with Crippen molar-refractivity contribution >= 4 is 29.6 Å². The van der Waals surface area contributed by atoms with Crippen LogP contribution in [-0.4, -0.2) is 27.8 Å². The third-order valence-corrected chi connectivity index (χ3v) is 4.13. The van der Waals surface area contributed by atoms with Crippen LogP contribution in [-0.2, 0) is 9.59 Å². The van der Waals surface area contributed by atoms with E-state index in [0.29, 0.717) is 17.1 Å². The van der Waals surface area contributed by atoms with Crippen LogP contribution in [0.15, 0.2) is 78.6 Å². The van der Waals surface area contributed by atoms with Crippen molar-refractivity contribution in [3.05, 3.63) is 84.2 Å². The molecule has 4 rings (SSSR count). The molecule has 1 aliphatic rings. The van der Waals surface area contributed by atoms with Gasteiger partial charge in [-0.15, -0.1) is 0 Å². The van der Waals surface area contributed by atoms with E-state index in [4.69, 9.17) is 0 Å². The molecule has 1 saturated heterocycles. The number of benzene rings is 2. The monoisotopic (exact) mass is 370 g/mol. The maximum absolute atomic E-state index is 12.8. The fraction of sp³-hybridized carbons (Fsp3) is 0. The SMILES string of the molecule is O=C1NC(=O)N(c2ccccc2)C(=O)C1=Cc1cnc(-c2ccccc2)nc1. The molecular formula is C21H14N4O3. The van der Waals surface area contributed by atoms with Gasteiger partial charge < -0.3 is 0 Å². The van der Waals surface area contributed by atoms with E-state index in [1.165, 1.54) is 18.5 Å². The lowest BCUT2D eigenvalue weighted by Crippen LogP contribution is -2.54. The zero-order valence-electron chi connectivity index (χ0n) is 14.6. The van der Waals surface area contributed by atoms with Crippen LogP contribution >= 0.6 is 0 Å². The minimum Gasteiger partial charge on any atom is -0.273 e. The number of rotatable bonds is 3. The van der Waals surface area contributed by atoms with Crippen molar-refractivity contribution in [1.29, 1.82) is 0 Å². The number of urea groups is 1. The van der Waals surface area contributed by atoms with E-state index in [9.17, 15) is 14.4 Å². The summed E-state index contributed by atoms with van der Waals surface area (Å²) in [5.41, 5.74) is 1.54. The number of amides is 4. The number of anilines is 1. The summed E-state index contributed by atoms with van der Waals surface area (Å²) in [7, 11) is 0. The Balaban J connectivity index is 1.65. The number of imide groups is 2. The molecule has 136 valence electrons. The predicted octanol–water partition coefficient (Wildman–Crippen LogP) is 2.81. The minimum absolute atomic E-state index is 0.167. The number of hydrogen-bond donors (Lipinski definition) is 1. The predicted molar refractivity (Wildman–Crippen MR) is 103 cm³/mol. The number of carbonyl (C=O) groups excluding carboxylic acids is 3. The molecule has 0 saturated carbocycles. The number of barbiturate groups is 1. The Bertz CT molecular complexity index is 1080. The third-order valence-electron chi connectivity index (χ3n) is 4.13. The fourth-order valence-corrected chi connectivity index (χ4v) is 2.78. The van der Waals surface area contributed by atoms with E-state index in [-0.39, 0.29) is 5.57 Å². The van der Waals surface area contributed by atoms with Gasteiger partial charge in [0.05, 0.1) is 5.69 Å². The summed E-state index contributed by atoms with van der Waals surface area (Å²) >= 11 is 0. The first-order valence-corrected chi connectivity index (χ1v) is 8.47. The van der Waals surface area contributed by atoms with Crippen LogP contribution in [0.2, 0.25) is 0 Å². The van der Waals surface area contributed by atoms with Crippen molar-refractivity contribution in [2.45, 2.75) is 0 Å². The maximum atomic E-state index is 12.8. The van der Waals surface area contributed by atoms with Crippen LogP contribution in [0.5, 0.6) is 0 Å². The first-order valence-electron chi connectivity index (χ1n) is 8.47. The topological polar surface area (TPSA) is 92.3 Å². The second-order valence-corrected chi connectivity index (χ2v) is 6.00. The number of aromatic nitrogens is 2. The number of carbonyl (C=O) groups is 3. The molecule has 1 aromatic heterocycles. The summed E-state index contributed by atoms with van der Waals surface area (Å²) in [5, 5.41) is 2.18. The third kappa shape index (κ3) is 3.28. The molecule has 1 N–H and O–H groups in total. The van der Waals surface area contributed by atoms with Crippen LogP contribution < -0.4 is 10.2 Å². The van der Waals surface area contributed by atoms with Crippen LogP contribution in [0.25, 0.3) is 17.5 Å². The van der Waals surface area contributed by atoms with Crippen molar-refractivity contribution in [3.63, 3.8) is 0 Å². The van der Waals surface area contributed by atoms with Gasteiger partial charge in [0.2, 0.25) is 0 Å². The van der Waals surface area contributed by atoms with Crippen molar-refractivity contribution < 1.29 is 14.4 Å². The van der Waals surface area contributed by atoms with Crippen molar-refractivity contribution in [3.8, 4) is 11.4 Å². The van der Waals surface area contributed by atoms with Gasteiger partial charge in [-0.3, -0.25) is 14.9 Å². The summed E-state index contributed by atoms with van der Waals surface area (Å²) in [6, 6.07) is 17.0. The molecule has 0 atom stereocenters. The second kappa shape index (κ2) is 7.24. The van der Waals surface area contributed by atoms with E-state index < -0.39 is 17.8 Å². The van der Waals surface area contributed by atoms with E-state index in [2.05, 4.69) is 15.3 Å². The minimum atomic E-state index is -0.783. The highest BCUT2D eigenvalue weighted by Crippen LogP contribution is 2.21. The number of nitrogens with one attached hydrogen (secondary N) is 1. The molecule has 0 unspecified atom stereocenters. The molecule has 0 spiro atoms. The smallest absolute Gasteiger partial charge is 0.273 e. The molecule has 0 bridgehead atoms. The Morgan fingerprint density at radius 1 is 0.821 bits per heavy atom. The normalized spacial score (nSPS) is 15.6. The van der Waals surface area contributed by atoms with E-state index >= 15 is 0 Å². The van der Waals surface area contributed by atoms with Gasteiger partial charge in [0.15, 0.2) is 5.82 Å². The summed E-state index contributed by atoms with van der Waals surface area (Å²) in [4.78, 5) is 46.6. The van der Waals surface area contributed by atoms with Gasteiger partial charge in [-0.25, -0.2) is 19.7 Å². The second-order valence-electron chi connectivity index (χ2n) is 6.00. The highest BCUT2D eigenvalue weighted by molar-refractivity contribution is 6.39. The van der Waals surface area contributed by atoms with Gasteiger partial charge in [0, 0.05) is 23.5 Å². The molecule has 7 heteroatoms. The van der Waals surface area contributed by atoms with Gasteiger partial charge in [-0.2, -0.15) is 0 Å². The van der Waals surface area contributed by atoms with Gasteiger partial charge in [0.1, 0.15) is 5.57 Å². The average molecular weight is 370 g/mol. The Hall–Kier alpha value is -4.13. The molecule has 1 fully saturated rings. The summed E-state index contributed by atoms with van der Waals surface area (Å²) in [5.74, 6) is -0.926. The van der Waals surface area contributed by atoms with E-state index in [0.717, 1.165) is 10.5 Å². The van der Waals surface area contributed by atoms with Crippen molar-refractivity contribution in [1.82, 2.24) is 15.3 Å². The Kier molecular flexibility index (Phi) is 4.47. The number of nitrogens with zero attached hydrogens (tertiary/aromatic N) is 3. The highest BCUT2D eigenvalue weighted by atomic mass is 16.2. The highest BCUT2D eigenvalue weighted by Gasteiger charge is 2.36. The lowest BCUT2D eigenvalue weighted by Gasteiger charge is -2.26. The van der Waals surface area contributed by atoms with E-state index in [1.54, 1.807) is 30.3 Å². The zero-order chi connectivity index (χ0) is 19.5. The summed E-state index contributed by atoms with van der Waals surface area (Å²) < 4.78 is 0. The molecule has 0 aliphatic carbocycles. The molecule has 28 heavy (non-hydrogen) atoms. The Labute approximate surface area is 160 Å².